The molecule has 4 aliphatic carbocycles. The van der Waals surface area contributed by atoms with Gasteiger partial charge in [0, 0.05) is 17.3 Å². The summed E-state index contributed by atoms with van der Waals surface area (Å²) < 4.78 is 0. The Balaban J connectivity index is 1.77. The van der Waals surface area contributed by atoms with Gasteiger partial charge in [-0.05, 0) is 54.7 Å². The number of Topliss-reactive ketones (excluding diaryl/α,β-unsaturated/α-hetero) is 1. The fourth-order valence-corrected chi connectivity index (χ4v) is 5.98. The van der Waals surface area contributed by atoms with E-state index in [-0.39, 0.29) is 28.3 Å². The molecule has 1 N–H and O–H groups in total. The molecule has 0 unspecified atom stereocenters. The third kappa shape index (κ3) is 1.80. The second kappa shape index (κ2) is 4.54. The topological polar surface area (TPSA) is 54.4 Å². The van der Waals surface area contributed by atoms with Crippen molar-refractivity contribution in [3.8, 4) is 0 Å². The molecule has 4 aliphatic rings. The van der Waals surface area contributed by atoms with Gasteiger partial charge in [-0.2, -0.15) is 0 Å². The molecule has 0 saturated heterocycles. The number of fused-ring (bicyclic) bond motifs is 5. The lowest BCUT2D eigenvalue weighted by molar-refractivity contribution is -0.128. The summed E-state index contributed by atoms with van der Waals surface area (Å²) in [6.45, 7) is 8.53. The van der Waals surface area contributed by atoms with Crippen LogP contribution in [0, 0.1) is 28.6 Å². The van der Waals surface area contributed by atoms with E-state index in [0.29, 0.717) is 18.3 Å². The lowest BCUT2D eigenvalue weighted by atomic mass is 9.47. The summed E-state index contributed by atoms with van der Waals surface area (Å²) in [5.74, 6) is 1.06. The molecule has 0 spiro atoms. The zero-order chi connectivity index (χ0) is 16.6. The summed E-state index contributed by atoms with van der Waals surface area (Å²) in [5.41, 5.74) is 1.67. The number of hydrogen-bond acceptors (Lipinski definition) is 3. The molecule has 0 radical (unpaired) electrons. The van der Waals surface area contributed by atoms with Gasteiger partial charge in [-0.1, -0.05) is 32.1 Å². The van der Waals surface area contributed by atoms with Crippen LogP contribution in [0.2, 0.25) is 0 Å². The lowest BCUT2D eigenvalue weighted by Gasteiger charge is -2.56. The van der Waals surface area contributed by atoms with Gasteiger partial charge in [0.25, 0.3) is 0 Å². The van der Waals surface area contributed by atoms with E-state index >= 15 is 0 Å². The van der Waals surface area contributed by atoms with Crippen molar-refractivity contribution < 1.29 is 14.7 Å². The number of allylic oxidation sites excluding steroid dienone is 5. The van der Waals surface area contributed by atoms with Crippen molar-refractivity contribution in [2.75, 3.05) is 0 Å². The maximum atomic E-state index is 12.2. The molecule has 23 heavy (non-hydrogen) atoms. The van der Waals surface area contributed by atoms with E-state index < -0.39 is 6.10 Å². The molecular formula is C20H24O3. The van der Waals surface area contributed by atoms with Crippen molar-refractivity contribution in [2.45, 2.75) is 45.6 Å². The van der Waals surface area contributed by atoms with Gasteiger partial charge in [-0.15, -0.1) is 0 Å². The van der Waals surface area contributed by atoms with E-state index in [9.17, 15) is 14.7 Å². The summed E-state index contributed by atoms with van der Waals surface area (Å²) in [7, 11) is 0. The number of ketones is 2. The average Bonchev–Trinajstić information content (AvgIpc) is 2.73. The molecule has 122 valence electrons. The maximum Gasteiger partial charge on any atom is 0.178 e. The van der Waals surface area contributed by atoms with Crippen LogP contribution < -0.4 is 0 Å². The van der Waals surface area contributed by atoms with E-state index in [1.807, 2.05) is 0 Å². The first-order valence-corrected chi connectivity index (χ1v) is 8.61. The van der Waals surface area contributed by atoms with Crippen LogP contribution in [0.15, 0.2) is 36.0 Å². The van der Waals surface area contributed by atoms with Gasteiger partial charge >= 0.3 is 0 Å². The molecule has 4 rings (SSSR count). The Morgan fingerprint density at radius 2 is 1.96 bits per heavy atom. The first-order chi connectivity index (χ1) is 10.8. The van der Waals surface area contributed by atoms with Crippen LogP contribution in [0.4, 0.5) is 0 Å². The number of aliphatic hydroxyl groups is 1. The Morgan fingerprint density at radius 1 is 1.22 bits per heavy atom. The molecule has 3 fully saturated rings. The van der Waals surface area contributed by atoms with Crippen LogP contribution in [0.5, 0.6) is 0 Å². The highest BCUT2D eigenvalue weighted by Gasteiger charge is 2.61. The molecule has 0 bridgehead atoms. The van der Waals surface area contributed by atoms with Crippen LogP contribution in [-0.4, -0.2) is 22.8 Å². The van der Waals surface area contributed by atoms with E-state index in [4.69, 9.17) is 0 Å². The molecule has 0 aromatic carbocycles. The van der Waals surface area contributed by atoms with Crippen molar-refractivity contribution >= 4 is 11.6 Å². The number of carbonyl (C=O) groups is 2. The minimum Gasteiger partial charge on any atom is -0.385 e. The Morgan fingerprint density at radius 3 is 2.70 bits per heavy atom. The number of aliphatic hydroxyl groups excluding tert-OH is 1. The number of rotatable bonds is 0. The highest BCUT2D eigenvalue weighted by atomic mass is 16.3. The van der Waals surface area contributed by atoms with Crippen LogP contribution in [0.25, 0.3) is 0 Å². The minimum absolute atomic E-state index is 0.00428. The zero-order valence-electron chi connectivity index (χ0n) is 13.8. The van der Waals surface area contributed by atoms with E-state index in [1.165, 1.54) is 0 Å². The molecule has 3 nitrogen and oxygen atoms in total. The smallest absolute Gasteiger partial charge is 0.178 e. The summed E-state index contributed by atoms with van der Waals surface area (Å²) in [6.07, 6.45) is 7.88. The van der Waals surface area contributed by atoms with Crippen molar-refractivity contribution in [1.82, 2.24) is 0 Å². The quantitative estimate of drug-likeness (QED) is 0.748. The summed E-state index contributed by atoms with van der Waals surface area (Å²) in [6, 6.07) is 0. The predicted molar refractivity (Wildman–Crippen MR) is 87.5 cm³/mol. The van der Waals surface area contributed by atoms with Gasteiger partial charge in [0.05, 0.1) is 0 Å². The van der Waals surface area contributed by atoms with Gasteiger partial charge in [0.2, 0.25) is 0 Å². The largest absolute Gasteiger partial charge is 0.385 e. The van der Waals surface area contributed by atoms with E-state index in [1.54, 1.807) is 12.2 Å². The molecule has 0 amide bonds. The molecule has 0 heterocycles. The Kier molecular flexibility index (Phi) is 2.97. The third-order valence-corrected chi connectivity index (χ3v) is 7.32. The maximum absolute atomic E-state index is 12.2. The number of carbonyl (C=O) groups excluding carboxylic acids is 2. The van der Waals surface area contributed by atoms with E-state index in [2.05, 4.69) is 26.5 Å². The standard InChI is InChI=1S/C20H24O3/c1-11-8-13-14(19(2)6-4-12(21)9-15(11)19)5-7-20(3)16(13)10-17(22)18(20)23/h4,6,9,13-14,16,18,23H,1,5,7-8,10H2,2-3H3/t13-,14+,16+,18+,19-,20+/m1/s1. The van der Waals surface area contributed by atoms with Crippen molar-refractivity contribution in [3.05, 3.63) is 36.0 Å². The first-order valence-electron chi connectivity index (χ1n) is 8.61. The second-order valence-electron chi connectivity index (χ2n) is 8.38. The molecule has 0 aliphatic heterocycles. The van der Waals surface area contributed by atoms with Crippen molar-refractivity contribution in [1.29, 1.82) is 0 Å². The van der Waals surface area contributed by atoms with Gasteiger partial charge in [0.1, 0.15) is 6.10 Å². The van der Waals surface area contributed by atoms with Crippen LogP contribution >= 0.6 is 0 Å². The molecule has 6 atom stereocenters. The molecular weight excluding hydrogens is 288 g/mol. The van der Waals surface area contributed by atoms with Crippen molar-refractivity contribution in [2.24, 2.45) is 28.6 Å². The van der Waals surface area contributed by atoms with Gasteiger partial charge < -0.3 is 5.11 Å². The highest BCUT2D eigenvalue weighted by Crippen LogP contribution is 2.64. The average molecular weight is 312 g/mol. The minimum atomic E-state index is -0.810. The normalized spacial score (nSPS) is 48.7. The van der Waals surface area contributed by atoms with Gasteiger partial charge in [0.15, 0.2) is 11.6 Å². The highest BCUT2D eigenvalue weighted by molar-refractivity contribution is 6.02. The monoisotopic (exact) mass is 312 g/mol. The second-order valence-corrected chi connectivity index (χ2v) is 8.38. The molecule has 0 aromatic heterocycles. The van der Waals surface area contributed by atoms with Crippen LogP contribution in [0.3, 0.4) is 0 Å². The summed E-state index contributed by atoms with van der Waals surface area (Å²) in [4.78, 5) is 24.0. The van der Waals surface area contributed by atoms with Crippen LogP contribution in [0.1, 0.15) is 39.5 Å². The van der Waals surface area contributed by atoms with Crippen LogP contribution in [-0.2, 0) is 9.59 Å². The Labute approximate surface area is 137 Å². The first kappa shape index (κ1) is 15.1. The summed E-state index contributed by atoms with van der Waals surface area (Å²) in [5, 5.41) is 10.4. The summed E-state index contributed by atoms with van der Waals surface area (Å²) >= 11 is 0. The van der Waals surface area contributed by atoms with Crippen molar-refractivity contribution in [3.63, 3.8) is 0 Å². The number of hydrogen-bond donors (Lipinski definition) is 1. The van der Waals surface area contributed by atoms with Gasteiger partial charge in [-0.3, -0.25) is 9.59 Å². The zero-order valence-corrected chi connectivity index (χ0v) is 13.8. The Bertz CT molecular complexity index is 685. The fourth-order valence-electron chi connectivity index (χ4n) is 5.98. The molecule has 0 aromatic rings. The molecule has 3 saturated carbocycles. The third-order valence-electron chi connectivity index (χ3n) is 7.32. The Hall–Kier alpha value is -1.48. The molecule has 3 heteroatoms. The van der Waals surface area contributed by atoms with Gasteiger partial charge in [-0.25, -0.2) is 0 Å². The fraction of sp³-hybridized carbons (Fsp3) is 0.600. The predicted octanol–water partition coefficient (Wildman–Crippen LogP) is 3.00. The SMILES string of the molecule is C=C1C[C@H]2[C@@H]3CC(=O)[C@H](O)[C@@]3(C)CC[C@@H]2[C@@]2(C)C=CC(=O)C=C12. The van der Waals surface area contributed by atoms with E-state index in [0.717, 1.165) is 30.4 Å². The lowest BCUT2D eigenvalue weighted by Crippen LogP contribution is -2.51.